The van der Waals surface area contributed by atoms with E-state index in [1.54, 1.807) is 42.6 Å². The van der Waals surface area contributed by atoms with Gasteiger partial charge in [-0.15, -0.1) is 0 Å². The van der Waals surface area contributed by atoms with Crippen LogP contribution in [0.5, 0.6) is 0 Å². The molecule has 1 aromatic heterocycles. The van der Waals surface area contributed by atoms with Gasteiger partial charge in [-0.25, -0.2) is 4.39 Å². The number of carbonyl (C=O) groups is 1. The molecule has 2 aromatic carbocycles. The van der Waals surface area contributed by atoms with E-state index < -0.39 is 0 Å². The minimum absolute atomic E-state index is 0.335. The highest BCUT2D eigenvalue weighted by atomic mass is 19.1. The molecule has 3 aromatic rings. The number of rotatable bonds is 3. The predicted molar refractivity (Wildman–Crippen MR) is 76.8 cm³/mol. The van der Waals surface area contributed by atoms with Gasteiger partial charge in [0.05, 0.1) is 11.9 Å². The number of benzene rings is 2. The van der Waals surface area contributed by atoms with E-state index in [2.05, 4.69) is 10.3 Å². The Morgan fingerprint density at radius 2 is 1.95 bits per heavy atom. The van der Waals surface area contributed by atoms with Gasteiger partial charge in [0.25, 0.3) is 0 Å². The summed E-state index contributed by atoms with van der Waals surface area (Å²) >= 11 is 0. The van der Waals surface area contributed by atoms with Crippen molar-refractivity contribution < 1.29 is 9.18 Å². The zero-order valence-electron chi connectivity index (χ0n) is 10.5. The van der Waals surface area contributed by atoms with Crippen molar-refractivity contribution in [3.05, 3.63) is 66.1 Å². The molecule has 3 rings (SSSR count). The number of fused-ring (bicyclic) bond motifs is 1. The average molecular weight is 266 g/mol. The van der Waals surface area contributed by atoms with Crippen molar-refractivity contribution in [3.8, 4) is 0 Å². The van der Waals surface area contributed by atoms with E-state index in [0.29, 0.717) is 27.8 Å². The average Bonchev–Trinajstić information content (AvgIpc) is 2.48. The monoisotopic (exact) mass is 266 g/mol. The van der Waals surface area contributed by atoms with Gasteiger partial charge in [0.15, 0.2) is 6.29 Å². The Labute approximate surface area is 115 Å². The van der Waals surface area contributed by atoms with Crippen LogP contribution in [-0.2, 0) is 0 Å². The van der Waals surface area contributed by atoms with Gasteiger partial charge in [-0.3, -0.25) is 9.78 Å². The number of hydrogen-bond acceptors (Lipinski definition) is 3. The summed E-state index contributed by atoms with van der Waals surface area (Å²) in [5, 5.41) is 3.83. The van der Waals surface area contributed by atoms with E-state index in [0.717, 1.165) is 6.29 Å². The van der Waals surface area contributed by atoms with Crippen molar-refractivity contribution in [1.29, 1.82) is 0 Å². The van der Waals surface area contributed by atoms with Crippen LogP contribution in [0.4, 0.5) is 15.8 Å². The number of halogens is 1. The summed E-state index contributed by atoms with van der Waals surface area (Å²) in [6.45, 7) is 0. The van der Waals surface area contributed by atoms with Crippen LogP contribution >= 0.6 is 0 Å². The molecule has 0 aliphatic heterocycles. The first kappa shape index (κ1) is 12.3. The molecule has 0 amide bonds. The molecule has 4 heteroatoms. The molecule has 0 saturated heterocycles. The standard InChI is InChI=1S/C16H11FN2O/c17-14-6-3-5-11-8-13(9-18-16(11)14)19-15-7-2-1-4-12(15)10-20/h1-10,19H. The maximum absolute atomic E-state index is 13.5. The number of nitrogens with one attached hydrogen (secondary N) is 1. The zero-order valence-corrected chi connectivity index (χ0v) is 10.5. The lowest BCUT2D eigenvalue weighted by Crippen LogP contribution is -1.96. The quantitative estimate of drug-likeness (QED) is 0.730. The number of pyridine rings is 1. The summed E-state index contributed by atoms with van der Waals surface area (Å²) in [5.74, 6) is -0.345. The Morgan fingerprint density at radius 1 is 1.10 bits per heavy atom. The minimum Gasteiger partial charge on any atom is -0.354 e. The van der Waals surface area contributed by atoms with Gasteiger partial charge in [0.2, 0.25) is 0 Å². The zero-order chi connectivity index (χ0) is 13.9. The molecule has 3 nitrogen and oxygen atoms in total. The Bertz CT molecular complexity index is 786. The highest BCUT2D eigenvalue weighted by molar-refractivity contribution is 5.87. The molecule has 0 saturated carbocycles. The lowest BCUT2D eigenvalue weighted by atomic mass is 10.1. The molecular formula is C16H11FN2O. The van der Waals surface area contributed by atoms with E-state index in [1.807, 2.05) is 6.07 Å². The van der Waals surface area contributed by atoms with Crippen LogP contribution in [0.25, 0.3) is 10.9 Å². The van der Waals surface area contributed by atoms with Crippen molar-refractivity contribution in [1.82, 2.24) is 4.98 Å². The summed E-state index contributed by atoms with van der Waals surface area (Å²) < 4.78 is 13.5. The normalized spacial score (nSPS) is 10.4. The first-order valence-electron chi connectivity index (χ1n) is 6.13. The van der Waals surface area contributed by atoms with E-state index in [-0.39, 0.29) is 5.82 Å². The Kier molecular flexibility index (Phi) is 3.13. The molecule has 0 bridgehead atoms. The second-order valence-electron chi connectivity index (χ2n) is 4.37. The number of aromatic nitrogens is 1. The molecule has 98 valence electrons. The number of aldehydes is 1. The fourth-order valence-electron chi connectivity index (χ4n) is 2.06. The van der Waals surface area contributed by atoms with Crippen molar-refractivity contribution in [2.24, 2.45) is 0 Å². The van der Waals surface area contributed by atoms with E-state index >= 15 is 0 Å². The molecule has 0 aliphatic carbocycles. The van der Waals surface area contributed by atoms with Gasteiger partial charge in [0.1, 0.15) is 11.3 Å². The Morgan fingerprint density at radius 3 is 2.80 bits per heavy atom. The molecule has 0 aliphatic rings. The maximum Gasteiger partial charge on any atom is 0.152 e. The molecule has 0 atom stereocenters. The molecule has 20 heavy (non-hydrogen) atoms. The van der Waals surface area contributed by atoms with E-state index in [4.69, 9.17) is 0 Å². The lowest BCUT2D eigenvalue weighted by Gasteiger charge is -2.09. The molecule has 0 spiro atoms. The molecular weight excluding hydrogens is 255 g/mol. The number of para-hydroxylation sites is 2. The second-order valence-corrected chi connectivity index (χ2v) is 4.37. The fourth-order valence-corrected chi connectivity index (χ4v) is 2.06. The molecule has 1 N–H and O–H groups in total. The second kappa shape index (κ2) is 5.09. The van der Waals surface area contributed by atoms with Gasteiger partial charge < -0.3 is 5.32 Å². The number of nitrogens with zero attached hydrogens (tertiary/aromatic N) is 1. The highest BCUT2D eigenvalue weighted by Gasteiger charge is 2.05. The Hall–Kier alpha value is -2.75. The van der Waals surface area contributed by atoms with Crippen LogP contribution in [0.3, 0.4) is 0 Å². The van der Waals surface area contributed by atoms with Gasteiger partial charge in [-0.2, -0.15) is 0 Å². The summed E-state index contributed by atoms with van der Waals surface area (Å²) in [7, 11) is 0. The number of carbonyl (C=O) groups excluding carboxylic acids is 1. The van der Waals surface area contributed by atoms with Crippen molar-refractivity contribution in [3.63, 3.8) is 0 Å². The van der Waals surface area contributed by atoms with Gasteiger partial charge in [-0.1, -0.05) is 24.3 Å². The van der Waals surface area contributed by atoms with Crippen LogP contribution in [0.15, 0.2) is 54.7 Å². The van der Waals surface area contributed by atoms with Crippen LogP contribution in [0, 0.1) is 5.82 Å². The number of hydrogen-bond donors (Lipinski definition) is 1. The third kappa shape index (κ3) is 2.23. The maximum atomic E-state index is 13.5. The SMILES string of the molecule is O=Cc1ccccc1Nc1cnc2c(F)cccc2c1. The summed E-state index contributed by atoms with van der Waals surface area (Å²) in [4.78, 5) is 15.1. The summed E-state index contributed by atoms with van der Waals surface area (Å²) in [5.41, 5.74) is 2.30. The number of anilines is 2. The van der Waals surface area contributed by atoms with E-state index in [1.165, 1.54) is 6.07 Å². The predicted octanol–water partition coefficient (Wildman–Crippen LogP) is 3.93. The van der Waals surface area contributed by atoms with Gasteiger partial charge in [0, 0.05) is 16.6 Å². The fraction of sp³-hybridized carbons (Fsp3) is 0. The topological polar surface area (TPSA) is 42.0 Å². The van der Waals surface area contributed by atoms with Gasteiger partial charge >= 0.3 is 0 Å². The highest BCUT2D eigenvalue weighted by Crippen LogP contribution is 2.23. The molecule has 0 radical (unpaired) electrons. The third-order valence-electron chi connectivity index (χ3n) is 3.03. The van der Waals surface area contributed by atoms with Crippen LogP contribution in [0.2, 0.25) is 0 Å². The van der Waals surface area contributed by atoms with Crippen LogP contribution in [-0.4, -0.2) is 11.3 Å². The molecule has 0 fully saturated rings. The minimum atomic E-state index is -0.345. The third-order valence-corrected chi connectivity index (χ3v) is 3.03. The largest absolute Gasteiger partial charge is 0.354 e. The van der Waals surface area contributed by atoms with Crippen molar-refractivity contribution >= 4 is 28.6 Å². The van der Waals surface area contributed by atoms with Crippen LogP contribution in [0.1, 0.15) is 10.4 Å². The summed E-state index contributed by atoms with van der Waals surface area (Å²) in [6.07, 6.45) is 2.34. The summed E-state index contributed by atoms with van der Waals surface area (Å²) in [6, 6.07) is 13.8. The first-order valence-corrected chi connectivity index (χ1v) is 6.13. The Balaban J connectivity index is 2.01. The smallest absolute Gasteiger partial charge is 0.152 e. The van der Waals surface area contributed by atoms with E-state index in [9.17, 15) is 9.18 Å². The molecule has 1 heterocycles. The van der Waals surface area contributed by atoms with Gasteiger partial charge in [-0.05, 0) is 24.3 Å². The first-order chi connectivity index (χ1) is 9.78. The lowest BCUT2D eigenvalue weighted by molar-refractivity contribution is 0.112. The van der Waals surface area contributed by atoms with Crippen molar-refractivity contribution in [2.45, 2.75) is 0 Å². The van der Waals surface area contributed by atoms with Crippen LogP contribution < -0.4 is 5.32 Å². The molecule has 0 unspecified atom stereocenters. The van der Waals surface area contributed by atoms with Crippen molar-refractivity contribution in [2.75, 3.05) is 5.32 Å².